The molecule has 0 saturated heterocycles. The van der Waals surface area contributed by atoms with Crippen LogP contribution in [0.4, 0.5) is 34.3 Å². The zero-order valence-electron chi connectivity index (χ0n) is 28.2. The van der Waals surface area contributed by atoms with Gasteiger partial charge >= 0.3 is 0 Å². The third kappa shape index (κ3) is 5.10. The summed E-state index contributed by atoms with van der Waals surface area (Å²) in [5.41, 5.74) is 8.75. The van der Waals surface area contributed by atoms with Gasteiger partial charge in [0.25, 0.3) is 0 Å². The smallest absolute Gasteiger partial charge is 0.137 e. The van der Waals surface area contributed by atoms with Crippen LogP contribution in [-0.4, -0.2) is 9.55 Å². The number of benzene rings is 7. The minimum absolute atomic E-state index is 0.849. The Morgan fingerprint density at radius 2 is 0.904 bits per heavy atom. The average Bonchev–Trinajstić information content (AvgIpc) is 3.76. The normalized spacial score (nSPS) is 11.5. The molecule has 0 unspecified atom stereocenters. The maximum Gasteiger partial charge on any atom is 0.137 e. The first-order valence-electron chi connectivity index (χ1n) is 17.5. The largest absolute Gasteiger partial charge is 0.309 e. The number of hydrogen-bond acceptors (Lipinski definition) is 4. The molecule has 3 aromatic heterocycles. The third-order valence-corrected chi connectivity index (χ3v) is 11.0. The lowest BCUT2D eigenvalue weighted by molar-refractivity contribution is 1.15. The summed E-state index contributed by atoms with van der Waals surface area (Å²) in [6.45, 7) is 0. The molecule has 52 heavy (non-hydrogen) atoms. The molecule has 0 radical (unpaired) electrons. The molecule has 4 nitrogen and oxygen atoms in total. The molecular formula is C47H32N4S. The summed E-state index contributed by atoms with van der Waals surface area (Å²) >= 11 is 1.84. The van der Waals surface area contributed by atoms with E-state index in [9.17, 15) is 0 Å². The summed E-state index contributed by atoms with van der Waals surface area (Å²) in [5.74, 6) is 0.849. The molecule has 0 fully saturated rings. The number of fused-ring (bicyclic) bond motifs is 6. The fourth-order valence-electron chi connectivity index (χ4n) is 7.46. The van der Waals surface area contributed by atoms with E-state index < -0.39 is 0 Å². The quantitative estimate of drug-likeness (QED) is 0.167. The molecule has 246 valence electrons. The van der Waals surface area contributed by atoms with Gasteiger partial charge in [-0.3, -0.25) is 4.90 Å². The number of pyridine rings is 1. The zero-order valence-corrected chi connectivity index (χ0v) is 29.0. The Kier molecular flexibility index (Phi) is 7.29. The van der Waals surface area contributed by atoms with E-state index >= 15 is 0 Å². The first kappa shape index (κ1) is 30.2. The van der Waals surface area contributed by atoms with Crippen molar-refractivity contribution in [3.63, 3.8) is 0 Å². The minimum Gasteiger partial charge on any atom is -0.309 e. The average molecular weight is 685 g/mol. The van der Waals surface area contributed by atoms with Crippen molar-refractivity contribution >= 4 is 87.6 Å². The van der Waals surface area contributed by atoms with Crippen LogP contribution in [0.1, 0.15) is 0 Å². The van der Waals surface area contributed by atoms with Gasteiger partial charge in [0.05, 0.1) is 22.9 Å². The van der Waals surface area contributed by atoms with E-state index in [0.29, 0.717) is 0 Å². The molecule has 5 heteroatoms. The van der Waals surface area contributed by atoms with Crippen LogP contribution in [0.5, 0.6) is 0 Å². The first-order valence-corrected chi connectivity index (χ1v) is 18.3. The summed E-state index contributed by atoms with van der Waals surface area (Å²) in [7, 11) is 0. The molecule has 0 aliphatic carbocycles. The standard InChI is InChI=1S/C47H32N4S/c1-3-13-33(14-4-1)50(34-15-5-2-6-16-34)47-30-28-38(32-48-47)49(37-27-29-46-42(31-37)41-19-9-12-22-45(41)52-46)35-23-25-36(26-24-35)51-43-20-10-7-17-39(43)40-18-8-11-21-44(40)51/h1-32H. The van der Waals surface area contributed by atoms with Crippen LogP contribution in [0.25, 0.3) is 47.7 Å². The van der Waals surface area contributed by atoms with Crippen LogP contribution in [0, 0.1) is 0 Å². The number of anilines is 6. The van der Waals surface area contributed by atoms with Crippen LogP contribution in [0.2, 0.25) is 0 Å². The second-order valence-corrected chi connectivity index (χ2v) is 14.0. The van der Waals surface area contributed by atoms with E-state index in [1.165, 1.54) is 42.0 Å². The van der Waals surface area contributed by atoms with Crippen LogP contribution in [-0.2, 0) is 0 Å². The number of nitrogens with zero attached hydrogens (tertiary/aromatic N) is 4. The van der Waals surface area contributed by atoms with Crippen molar-refractivity contribution in [3.8, 4) is 5.69 Å². The number of para-hydroxylation sites is 4. The lowest BCUT2D eigenvalue weighted by Gasteiger charge is -2.27. The zero-order chi connectivity index (χ0) is 34.4. The number of aromatic nitrogens is 2. The van der Waals surface area contributed by atoms with E-state index in [1.807, 2.05) is 29.7 Å². The van der Waals surface area contributed by atoms with Gasteiger partial charge < -0.3 is 9.47 Å². The predicted molar refractivity (Wildman–Crippen MR) is 221 cm³/mol. The third-order valence-electron chi connectivity index (χ3n) is 9.81. The van der Waals surface area contributed by atoms with E-state index in [4.69, 9.17) is 4.98 Å². The fraction of sp³-hybridized carbons (Fsp3) is 0. The number of thiophene rings is 1. The highest BCUT2D eigenvalue weighted by molar-refractivity contribution is 7.25. The molecule has 0 N–H and O–H groups in total. The highest BCUT2D eigenvalue weighted by Crippen LogP contribution is 2.42. The lowest BCUT2D eigenvalue weighted by atomic mass is 10.1. The van der Waals surface area contributed by atoms with Gasteiger partial charge in [0.2, 0.25) is 0 Å². The molecule has 10 aromatic rings. The van der Waals surface area contributed by atoms with E-state index in [2.05, 4.69) is 190 Å². The maximum atomic E-state index is 5.11. The van der Waals surface area contributed by atoms with Gasteiger partial charge in [-0.1, -0.05) is 91.0 Å². The van der Waals surface area contributed by atoms with Crippen molar-refractivity contribution in [1.29, 1.82) is 0 Å². The van der Waals surface area contributed by atoms with E-state index in [-0.39, 0.29) is 0 Å². The summed E-state index contributed by atoms with van der Waals surface area (Å²) in [5, 5.41) is 5.05. The fourth-order valence-corrected chi connectivity index (χ4v) is 8.55. The van der Waals surface area contributed by atoms with Crippen LogP contribution < -0.4 is 9.80 Å². The summed E-state index contributed by atoms with van der Waals surface area (Å²) in [6, 6.07) is 66.8. The minimum atomic E-state index is 0.849. The van der Waals surface area contributed by atoms with Crippen LogP contribution >= 0.6 is 11.3 Å². The monoisotopic (exact) mass is 684 g/mol. The molecule has 0 aliphatic heterocycles. The van der Waals surface area contributed by atoms with E-state index in [0.717, 1.165) is 39.9 Å². The van der Waals surface area contributed by atoms with Gasteiger partial charge in [-0.15, -0.1) is 11.3 Å². The second-order valence-electron chi connectivity index (χ2n) is 12.9. The Morgan fingerprint density at radius 3 is 1.54 bits per heavy atom. The first-order chi connectivity index (χ1) is 25.8. The van der Waals surface area contributed by atoms with E-state index in [1.54, 1.807) is 0 Å². The SMILES string of the molecule is c1ccc(N(c2ccccc2)c2ccc(N(c3ccc(-n4c5ccccc5c5ccccc54)cc3)c3ccc4sc5ccccc5c4c3)cn2)cc1. The Labute approximate surface area is 305 Å². The molecule has 0 bridgehead atoms. The Morgan fingerprint density at radius 1 is 0.385 bits per heavy atom. The summed E-state index contributed by atoms with van der Waals surface area (Å²) in [4.78, 5) is 9.62. The van der Waals surface area contributed by atoms with Gasteiger partial charge in [-0.2, -0.15) is 0 Å². The summed E-state index contributed by atoms with van der Waals surface area (Å²) in [6.07, 6.45) is 1.99. The van der Waals surface area contributed by atoms with Gasteiger partial charge in [-0.05, 0) is 97.1 Å². The molecule has 10 rings (SSSR count). The molecule has 7 aromatic carbocycles. The Hall–Kier alpha value is -6.69. The van der Waals surface area contributed by atoms with Crippen molar-refractivity contribution in [2.45, 2.75) is 0 Å². The highest BCUT2D eigenvalue weighted by atomic mass is 32.1. The van der Waals surface area contributed by atoms with Crippen molar-refractivity contribution in [2.24, 2.45) is 0 Å². The van der Waals surface area contributed by atoms with Crippen molar-refractivity contribution in [3.05, 3.63) is 194 Å². The Bertz CT molecular complexity index is 2750. The number of rotatable bonds is 7. The van der Waals surface area contributed by atoms with Crippen molar-refractivity contribution in [1.82, 2.24) is 9.55 Å². The Balaban J connectivity index is 1.11. The van der Waals surface area contributed by atoms with Crippen LogP contribution in [0.3, 0.4) is 0 Å². The lowest BCUT2D eigenvalue weighted by Crippen LogP contribution is -2.13. The molecule has 0 aliphatic rings. The van der Waals surface area contributed by atoms with Gasteiger partial charge in [0, 0.05) is 59.4 Å². The highest BCUT2D eigenvalue weighted by Gasteiger charge is 2.19. The van der Waals surface area contributed by atoms with Gasteiger partial charge in [0.1, 0.15) is 5.82 Å². The molecular weight excluding hydrogens is 653 g/mol. The molecule has 0 spiro atoms. The molecule has 3 heterocycles. The summed E-state index contributed by atoms with van der Waals surface area (Å²) < 4.78 is 4.94. The topological polar surface area (TPSA) is 24.3 Å². The molecule has 0 saturated carbocycles. The predicted octanol–water partition coefficient (Wildman–Crippen LogP) is 13.5. The number of hydrogen-bond donors (Lipinski definition) is 0. The second kappa shape index (κ2) is 12.6. The van der Waals surface area contributed by atoms with Gasteiger partial charge in [-0.25, -0.2) is 4.98 Å². The molecule has 0 atom stereocenters. The van der Waals surface area contributed by atoms with Crippen LogP contribution in [0.15, 0.2) is 194 Å². The molecule has 0 amide bonds. The van der Waals surface area contributed by atoms with Crippen molar-refractivity contribution < 1.29 is 0 Å². The van der Waals surface area contributed by atoms with Crippen molar-refractivity contribution in [2.75, 3.05) is 9.80 Å². The van der Waals surface area contributed by atoms with Gasteiger partial charge in [0.15, 0.2) is 0 Å². The maximum absolute atomic E-state index is 5.11.